The van der Waals surface area contributed by atoms with E-state index in [1.54, 1.807) is 48.6 Å². The van der Waals surface area contributed by atoms with Crippen LogP contribution in [0.5, 0.6) is 0 Å². The smallest absolute Gasteiger partial charge is 0.294 e. The second kappa shape index (κ2) is 21.2. The summed E-state index contributed by atoms with van der Waals surface area (Å²) in [7, 11) is -6.21. The maximum absolute atomic E-state index is 13.4. The first-order valence-electron chi connectivity index (χ1n) is 20.8. The van der Waals surface area contributed by atoms with E-state index >= 15 is 0 Å². The highest BCUT2D eigenvalue weighted by molar-refractivity contribution is 7.86. The summed E-state index contributed by atoms with van der Waals surface area (Å²) in [6, 6.07) is 10.5. The van der Waals surface area contributed by atoms with Crippen molar-refractivity contribution in [3.63, 3.8) is 0 Å². The highest BCUT2D eigenvalue weighted by atomic mass is 32.2. The average molecular weight is 973 g/mol. The molecule has 3 aliphatic rings. The van der Waals surface area contributed by atoms with Gasteiger partial charge in [-0.2, -0.15) is 16.8 Å². The van der Waals surface area contributed by atoms with Crippen LogP contribution >= 0.6 is 0 Å². The van der Waals surface area contributed by atoms with Crippen molar-refractivity contribution in [2.75, 3.05) is 56.7 Å². The fourth-order valence-corrected chi connectivity index (χ4v) is 9.50. The van der Waals surface area contributed by atoms with Gasteiger partial charge in [0.1, 0.15) is 6.23 Å². The van der Waals surface area contributed by atoms with Crippen LogP contribution in [0.25, 0.3) is 0 Å². The Morgan fingerprint density at radius 1 is 1.00 bits per heavy atom. The third-order valence-corrected chi connectivity index (χ3v) is 14.0. The van der Waals surface area contributed by atoms with Crippen molar-refractivity contribution in [2.45, 2.75) is 63.1 Å². The summed E-state index contributed by atoms with van der Waals surface area (Å²) in [5, 5.41) is 18.0. The van der Waals surface area contributed by atoms with Gasteiger partial charge in [0, 0.05) is 74.1 Å². The fraction of sp³-hybridized carbons (Fsp3) is 0.409. The summed E-state index contributed by atoms with van der Waals surface area (Å²) < 4.78 is 88.7. The fourth-order valence-electron chi connectivity index (χ4n) is 8.11. The first-order valence-corrected chi connectivity index (χ1v) is 25.1. The molecule has 0 spiro atoms. The summed E-state index contributed by atoms with van der Waals surface area (Å²) in [6.45, 7) is 8.14. The van der Waals surface area contributed by atoms with E-state index in [0.29, 0.717) is 46.8 Å². The van der Waals surface area contributed by atoms with Crippen LogP contribution < -0.4 is 15.5 Å². The molecule has 66 heavy (non-hydrogen) atoms. The number of aliphatic imine (C=N–C) groups is 1. The summed E-state index contributed by atoms with van der Waals surface area (Å²) in [5.41, 5.74) is 2.36. The van der Waals surface area contributed by atoms with Gasteiger partial charge in [-0.3, -0.25) is 43.5 Å². The van der Waals surface area contributed by atoms with Crippen molar-refractivity contribution in [1.29, 1.82) is 0 Å². The van der Waals surface area contributed by atoms with E-state index in [1.165, 1.54) is 50.7 Å². The molecule has 6 N–H and O–H groups in total. The number of hydrogen-bond acceptors (Lipinski definition) is 14. The molecule has 4 unspecified atom stereocenters. The highest BCUT2D eigenvalue weighted by Crippen LogP contribution is 2.52. The Morgan fingerprint density at radius 3 is 2.27 bits per heavy atom. The lowest BCUT2D eigenvalue weighted by atomic mass is 9.75. The standard InChI is InChI=1S/C44H56N6O13S3/c1-29-34(26-31(42(54)48(5)63-6)28-45-20-8-24-64(55)56)43(2,3)37(47-29)10-7-11-38-44(4,32-14-12-30(13-15-32)41(53)46-21-23-50-39(51)18-19-40(50)52)35-27-33(66(60,61)62)16-17-36(35)49(38)22-9-25-65(57,58)59/h7,10-19,26-29,41,45-46,53H,8-9,20-25H2,1-6H3,(H,55,56)(H,57,58,59)(H,60,61,62). The average Bonchev–Trinajstić information content (AvgIpc) is 3.78. The number of hydroxylamine groups is 2. The molecule has 0 fully saturated rings. The van der Waals surface area contributed by atoms with Gasteiger partial charge in [-0.1, -0.05) is 44.2 Å². The molecule has 3 aliphatic heterocycles. The number of rotatable bonds is 21. The number of aliphatic hydroxyl groups excluding tert-OH is 1. The number of carbonyl (C=O) groups is 3. The molecule has 358 valence electrons. The molecule has 0 saturated heterocycles. The van der Waals surface area contributed by atoms with Crippen LogP contribution in [0.1, 0.15) is 63.5 Å². The SMILES string of the molecule is CON(C)C(=O)C(=CNCCCS(=O)O)C=C1C(C)N=C(C=CC=C2N(CCCS(=O)(=O)O)c3ccc(S(=O)(=O)O)cc3C2(C)c2ccc(C(O)NCCN3C(=O)C=CC3=O)cc2)C1(C)C. The third kappa shape index (κ3) is 12.0. The Balaban J connectivity index is 1.54. The zero-order chi connectivity index (χ0) is 48.8. The van der Waals surface area contributed by atoms with Crippen LogP contribution in [-0.4, -0.2) is 131 Å². The van der Waals surface area contributed by atoms with Crippen LogP contribution in [0, 0.1) is 5.41 Å². The van der Waals surface area contributed by atoms with E-state index in [1.807, 2.05) is 32.6 Å². The van der Waals surface area contributed by atoms with Gasteiger partial charge in [0.2, 0.25) is 0 Å². The summed E-state index contributed by atoms with van der Waals surface area (Å²) in [4.78, 5) is 49.9. The van der Waals surface area contributed by atoms with Crippen molar-refractivity contribution >= 4 is 60.4 Å². The minimum absolute atomic E-state index is 0.0228. The van der Waals surface area contributed by atoms with Gasteiger partial charge in [0.25, 0.3) is 38.0 Å². The molecule has 0 bridgehead atoms. The maximum Gasteiger partial charge on any atom is 0.294 e. The number of nitrogens with one attached hydrogen (secondary N) is 2. The van der Waals surface area contributed by atoms with Crippen molar-refractivity contribution in [1.82, 2.24) is 20.6 Å². The van der Waals surface area contributed by atoms with E-state index < -0.39 is 71.8 Å². The van der Waals surface area contributed by atoms with Crippen molar-refractivity contribution < 1.29 is 59.0 Å². The van der Waals surface area contributed by atoms with E-state index in [9.17, 15) is 49.6 Å². The Labute approximate surface area is 387 Å². The van der Waals surface area contributed by atoms with Crippen LogP contribution in [0.3, 0.4) is 0 Å². The van der Waals surface area contributed by atoms with E-state index in [-0.39, 0.29) is 48.3 Å². The molecule has 4 atom stereocenters. The normalized spacial score (nSPS) is 21.9. The number of anilines is 1. The second-order valence-electron chi connectivity index (χ2n) is 16.5. The van der Waals surface area contributed by atoms with E-state index in [2.05, 4.69) is 10.6 Å². The minimum atomic E-state index is -4.69. The van der Waals surface area contributed by atoms with Gasteiger partial charge in [-0.25, -0.2) is 9.27 Å². The van der Waals surface area contributed by atoms with Crippen LogP contribution in [-0.2, 0) is 56.0 Å². The number of aliphatic hydroxyl groups is 1. The Kier molecular flexibility index (Phi) is 16.6. The first-order chi connectivity index (χ1) is 30.9. The largest absolute Gasteiger partial charge is 0.390 e. The monoisotopic (exact) mass is 972 g/mol. The molecule has 2 aromatic carbocycles. The zero-order valence-electron chi connectivity index (χ0n) is 37.4. The van der Waals surface area contributed by atoms with Crippen LogP contribution in [0.15, 0.2) is 112 Å². The predicted octanol–water partition coefficient (Wildman–Crippen LogP) is 3.18. The van der Waals surface area contributed by atoms with Crippen molar-refractivity contribution in [3.8, 4) is 0 Å². The minimum Gasteiger partial charge on any atom is -0.390 e. The van der Waals surface area contributed by atoms with Crippen molar-refractivity contribution in [3.05, 3.63) is 119 Å². The third-order valence-electron chi connectivity index (χ3n) is 11.7. The van der Waals surface area contributed by atoms with Gasteiger partial charge >= 0.3 is 0 Å². The molecule has 3 amide bonds. The number of likely N-dealkylation sites (N-methyl/N-ethyl adjacent to an activating group) is 1. The molecule has 0 aliphatic carbocycles. The molecule has 2 aromatic rings. The molecule has 22 heteroatoms. The maximum atomic E-state index is 13.4. The zero-order valence-corrected chi connectivity index (χ0v) is 39.8. The van der Waals surface area contributed by atoms with Crippen LogP contribution in [0.4, 0.5) is 5.69 Å². The summed E-state index contributed by atoms with van der Waals surface area (Å²) in [6.07, 6.45) is 10.1. The predicted molar refractivity (Wildman–Crippen MR) is 248 cm³/mol. The molecule has 19 nitrogen and oxygen atoms in total. The quantitative estimate of drug-likeness (QED) is 0.0199. The Morgan fingerprint density at radius 2 is 1.67 bits per heavy atom. The van der Waals surface area contributed by atoms with Gasteiger partial charge in [0.05, 0.1) is 40.5 Å². The summed E-state index contributed by atoms with van der Waals surface area (Å²) >= 11 is -1.95. The van der Waals surface area contributed by atoms with Gasteiger partial charge in [-0.15, -0.1) is 0 Å². The lowest BCUT2D eigenvalue weighted by Crippen LogP contribution is -2.37. The molecule has 0 aromatic heterocycles. The molecule has 0 saturated carbocycles. The van der Waals surface area contributed by atoms with E-state index in [0.717, 1.165) is 15.5 Å². The van der Waals surface area contributed by atoms with E-state index in [4.69, 9.17) is 14.4 Å². The topological polar surface area (TPSA) is 273 Å². The molecular formula is C44H56N6O13S3. The summed E-state index contributed by atoms with van der Waals surface area (Å²) in [5.74, 6) is -1.85. The molecule has 5 rings (SSSR count). The van der Waals surface area contributed by atoms with Gasteiger partial charge < -0.3 is 19.9 Å². The van der Waals surface area contributed by atoms with Crippen molar-refractivity contribution in [2.24, 2.45) is 10.4 Å². The number of hydrogen-bond donors (Lipinski definition) is 6. The number of carbonyl (C=O) groups excluding carboxylic acids is 3. The number of benzene rings is 2. The number of imide groups is 1. The van der Waals surface area contributed by atoms with Gasteiger partial charge in [-0.05, 0) is 85.4 Å². The van der Waals surface area contributed by atoms with Gasteiger partial charge in [0.15, 0.2) is 11.1 Å². The lowest BCUT2D eigenvalue weighted by Gasteiger charge is -2.31. The Bertz CT molecular complexity index is 2620. The first kappa shape index (κ1) is 51.8. The number of nitrogens with zero attached hydrogens (tertiary/aromatic N) is 4. The number of allylic oxidation sites excluding steroid dienone is 4. The number of amides is 3. The van der Waals surface area contributed by atoms with Crippen LogP contribution in [0.2, 0.25) is 0 Å². The highest BCUT2D eigenvalue weighted by Gasteiger charge is 2.46. The Hall–Kier alpha value is -5.17. The second-order valence-corrected chi connectivity index (χ2v) is 20.5. The molecule has 0 radical (unpaired) electrons. The lowest BCUT2D eigenvalue weighted by molar-refractivity contribution is -0.163. The molecular weight excluding hydrogens is 917 g/mol. The number of fused-ring (bicyclic) bond motifs is 1. The molecule has 3 heterocycles.